The van der Waals surface area contributed by atoms with Gasteiger partial charge in [-0.15, -0.1) is 10.2 Å². The van der Waals surface area contributed by atoms with Gasteiger partial charge in [0.15, 0.2) is 0 Å². The Hall–Kier alpha value is -3.39. The number of aryl methyl sites for hydroxylation is 1. The minimum Gasteiger partial charge on any atom is -0.296 e. The van der Waals surface area contributed by atoms with Crippen molar-refractivity contribution in [2.45, 2.75) is 13.3 Å². The van der Waals surface area contributed by atoms with Gasteiger partial charge in [0, 0.05) is 5.56 Å². The van der Waals surface area contributed by atoms with Crippen molar-refractivity contribution in [3.8, 4) is 0 Å². The van der Waals surface area contributed by atoms with Gasteiger partial charge in [0.05, 0.1) is 12.6 Å². The van der Waals surface area contributed by atoms with Crippen LogP contribution in [0.25, 0.3) is 0 Å². The first-order chi connectivity index (χ1) is 13.1. The monoisotopic (exact) mass is 379 g/mol. The van der Waals surface area contributed by atoms with E-state index in [-0.39, 0.29) is 18.2 Å². The fourth-order valence-electron chi connectivity index (χ4n) is 2.23. The van der Waals surface area contributed by atoms with E-state index >= 15 is 0 Å². The lowest BCUT2D eigenvalue weighted by atomic mass is 10.1. The third-order valence-corrected chi connectivity index (χ3v) is 4.32. The van der Waals surface area contributed by atoms with Crippen LogP contribution in [0.2, 0.25) is 0 Å². The fourth-order valence-corrected chi connectivity index (χ4v) is 2.96. The Morgan fingerprint density at radius 3 is 2.70 bits per heavy atom. The van der Waals surface area contributed by atoms with Crippen LogP contribution in [0.3, 0.4) is 0 Å². The summed E-state index contributed by atoms with van der Waals surface area (Å²) >= 11 is 1.15. The molecule has 0 spiro atoms. The van der Waals surface area contributed by atoms with E-state index in [1.54, 1.807) is 18.3 Å². The highest BCUT2D eigenvalue weighted by molar-refractivity contribution is 7.15. The Morgan fingerprint density at radius 1 is 1.11 bits per heavy atom. The highest BCUT2D eigenvalue weighted by Crippen LogP contribution is 2.17. The molecular weight excluding hydrogens is 362 g/mol. The van der Waals surface area contributed by atoms with E-state index in [1.165, 1.54) is 0 Å². The molecule has 2 aromatic carbocycles. The van der Waals surface area contributed by atoms with Crippen LogP contribution in [0.5, 0.6) is 0 Å². The average Bonchev–Trinajstić information content (AvgIpc) is 3.09. The van der Waals surface area contributed by atoms with Crippen molar-refractivity contribution in [1.29, 1.82) is 0 Å². The van der Waals surface area contributed by atoms with Crippen LogP contribution in [0.1, 0.15) is 26.5 Å². The van der Waals surface area contributed by atoms with Crippen molar-refractivity contribution in [2.24, 2.45) is 5.10 Å². The molecule has 0 atom stereocenters. The molecule has 0 aliphatic heterocycles. The van der Waals surface area contributed by atoms with Gasteiger partial charge in [0.2, 0.25) is 11.0 Å². The lowest BCUT2D eigenvalue weighted by Crippen LogP contribution is -2.19. The quantitative estimate of drug-likeness (QED) is 0.508. The molecule has 8 heteroatoms. The molecule has 2 amide bonds. The second kappa shape index (κ2) is 8.81. The number of anilines is 1. The second-order valence-corrected chi connectivity index (χ2v) is 6.77. The molecular formula is C19H17N5O2S. The van der Waals surface area contributed by atoms with Crippen LogP contribution in [0.4, 0.5) is 5.13 Å². The van der Waals surface area contributed by atoms with Crippen molar-refractivity contribution in [3.05, 3.63) is 76.3 Å². The first-order valence-corrected chi connectivity index (χ1v) is 8.99. The normalized spacial score (nSPS) is 10.7. The molecule has 0 saturated heterocycles. The maximum absolute atomic E-state index is 12.2. The SMILES string of the molecule is Cc1cccc(C(=O)Nc2nnc(CC(=O)NN=Cc3ccccc3)s2)c1. The topological polar surface area (TPSA) is 96.3 Å². The summed E-state index contributed by atoms with van der Waals surface area (Å²) in [6.45, 7) is 1.92. The smallest absolute Gasteiger partial charge is 0.257 e. The van der Waals surface area contributed by atoms with Gasteiger partial charge in [0.1, 0.15) is 5.01 Å². The third-order valence-electron chi connectivity index (χ3n) is 3.48. The van der Waals surface area contributed by atoms with Crippen LogP contribution < -0.4 is 10.7 Å². The molecule has 27 heavy (non-hydrogen) atoms. The largest absolute Gasteiger partial charge is 0.296 e. The molecule has 0 bridgehead atoms. The van der Waals surface area contributed by atoms with Crippen LogP contribution in [0.15, 0.2) is 59.7 Å². The molecule has 3 rings (SSSR count). The van der Waals surface area contributed by atoms with Gasteiger partial charge < -0.3 is 0 Å². The molecule has 0 saturated carbocycles. The Balaban J connectivity index is 1.52. The van der Waals surface area contributed by atoms with E-state index in [4.69, 9.17) is 0 Å². The Labute approximate surface area is 160 Å². The number of carbonyl (C=O) groups is 2. The summed E-state index contributed by atoms with van der Waals surface area (Å²) in [4.78, 5) is 24.1. The summed E-state index contributed by atoms with van der Waals surface area (Å²) in [7, 11) is 0. The zero-order valence-electron chi connectivity index (χ0n) is 14.5. The number of aromatic nitrogens is 2. The first-order valence-electron chi connectivity index (χ1n) is 8.17. The van der Waals surface area contributed by atoms with Gasteiger partial charge >= 0.3 is 0 Å². The van der Waals surface area contributed by atoms with Crippen LogP contribution in [-0.4, -0.2) is 28.2 Å². The minimum absolute atomic E-state index is 0.0319. The van der Waals surface area contributed by atoms with Crippen LogP contribution in [0, 0.1) is 6.92 Å². The number of amides is 2. The number of nitrogens with zero attached hydrogens (tertiary/aromatic N) is 3. The molecule has 1 aromatic heterocycles. The maximum atomic E-state index is 12.2. The van der Waals surface area contributed by atoms with E-state index in [0.29, 0.717) is 15.7 Å². The zero-order chi connectivity index (χ0) is 19.1. The van der Waals surface area contributed by atoms with E-state index in [1.807, 2.05) is 49.4 Å². The minimum atomic E-state index is -0.310. The first kappa shape index (κ1) is 18.4. The summed E-state index contributed by atoms with van der Waals surface area (Å²) in [5.41, 5.74) is 4.86. The van der Waals surface area contributed by atoms with Gasteiger partial charge in [0.25, 0.3) is 5.91 Å². The number of hydrogen-bond acceptors (Lipinski definition) is 6. The summed E-state index contributed by atoms with van der Waals surface area (Å²) in [5, 5.41) is 15.3. The molecule has 0 fully saturated rings. The summed E-state index contributed by atoms with van der Waals surface area (Å²) < 4.78 is 0. The predicted octanol–water partition coefficient (Wildman–Crippen LogP) is 2.79. The summed E-state index contributed by atoms with van der Waals surface area (Å²) in [6.07, 6.45) is 1.59. The van der Waals surface area contributed by atoms with Crippen molar-refractivity contribution in [1.82, 2.24) is 15.6 Å². The van der Waals surface area contributed by atoms with Gasteiger partial charge in [-0.25, -0.2) is 5.43 Å². The highest BCUT2D eigenvalue weighted by atomic mass is 32.1. The Kier molecular flexibility index (Phi) is 6.01. The van der Waals surface area contributed by atoms with Crippen LogP contribution >= 0.6 is 11.3 Å². The second-order valence-electron chi connectivity index (χ2n) is 5.71. The van der Waals surface area contributed by atoms with Crippen molar-refractivity contribution in [3.63, 3.8) is 0 Å². The Bertz CT molecular complexity index is 969. The molecule has 7 nitrogen and oxygen atoms in total. The number of nitrogens with one attached hydrogen (secondary N) is 2. The molecule has 0 radical (unpaired) electrons. The number of rotatable bonds is 6. The molecule has 0 aliphatic rings. The van der Waals surface area contributed by atoms with E-state index in [2.05, 4.69) is 26.0 Å². The van der Waals surface area contributed by atoms with Gasteiger partial charge in [-0.05, 0) is 24.6 Å². The maximum Gasteiger partial charge on any atom is 0.257 e. The molecule has 3 aromatic rings. The average molecular weight is 379 g/mol. The summed E-state index contributed by atoms with van der Waals surface area (Å²) in [6, 6.07) is 16.7. The van der Waals surface area contributed by atoms with Gasteiger partial charge in [-0.1, -0.05) is 59.4 Å². The number of hydrazone groups is 1. The lowest BCUT2D eigenvalue weighted by molar-refractivity contribution is -0.120. The number of benzene rings is 2. The highest BCUT2D eigenvalue weighted by Gasteiger charge is 2.12. The Morgan fingerprint density at radius 2 is 1.93 bits per heavy atom. The molecule has 136 valence electrons. The standard InChI is InChI=1S/C19H17N5O2S/c1-13-6-5-9-15(10-13)18(26)21-19-24-23-17(27-19)11-16(25)22-20-12-14-7-3-2-4-8-14/h2-10,12H,11H2,1H3,(H,22,25)(H,21,24,26). The summed E-state index contributed by atoms with van der Waals surface area (Å²) in [5.74, 6) is -0.576. The van der Waals surface area contributed by atoms with Gasteiger partial charge in [-0.3, -0.25) is 14.9 Å². The zero-order valence-corrected chi connectivity index (χ0v) is 15.4. The molecule has 0 aliphatic carbocycles. The number of carbonyl (C=O) groups excluding carboxylic acids is 2. The third kappa shape index (κ3) is 5.55. The molecule has 2 N–H and O–H groups in total. The fraction of sp³-hybridized carbons (Fsp3) is 0.105. The van der Waals surface area contributed by atoms with Gasteiger partial charge in [-0.2, -0.15) is 5.10 Å². The van der Waals surface area contributed by atoms with E-state index in [9.17, 15) is 9.59 Å². The van der Waals surface area contributed by atoms with Crippen LogP contribution in [-0.2, 0) is 11.2 Å². The lowest BCUT2D eigenvalue weighted by Gasteiger charge is -2.01. The molecule has 1 heterocycles. The van der Waals surface area contributed by atoms with Crippen molar-refractivity contribution >= 4 is 34.5 Å². The van der Waals surface area contributed by atoms with E-state index in [0.717, 1.165) is 22.5 Å². The predicted molar refractivity (Wildman–Crippen MR) is 105 cm³/mol. The number of hydrogen-bond donors (Lipinski definition) is 2. The van der Waals surface area contributed by atoms with Crippen molar-refractivity contribution in [2.75, 3.05) is 5.32 Å². The van der Waals surface area contributed by atoms with Crippen molar-refractivity contribution < 1.29 is 9.59 Å². The van der Waals surface area contributed by atoms with E-state index < -0.39 is 0 Å². The molecule has 0 unspecified atom stereocenters.